The minimum atomic E-state index is -0.287. The smallest absolute Gasteiger partial charge is 0.252 e. The van der Waals surface area contributed by atoms with Crippen LogP contribution < -0.4 is 26.2 Å². The molecule has 2 fully saturated rings. The second-order valence-electron chi connectivity index (χ2n) is 44.7. The van der Waals surface area contributed by atoms with Crippen LogP contribution in [0.25, 0.3) is 89.2 Å². The molecule has 10 aliphatic rings. The first-order chi connectivity index (χ1) is 61.1. The molecule has 22 rings (SSSR count). The number of fused-ring (bicyclic) bond motifs is 4. The lowest BCUT2D eigenvalue weighted by molar-refractivity contribution is 0.328. The molecule has 127 heavy (non-hydrogen) atoms. The Morgan fingerprint density at radius 2 is 0.835 bits per heavy atom. The molecule has 0 amide bonds. The van der Waals surface area contributed by atoms with Crippen LogP contribution in [0.1, 0.15) is 250 Å². The summed E-state index contributed by atoms with van der Waals surface area (Å²) in [6, 6.07) is 96.1. The van der Waals surface area contributed by atoms with Crippen LogP contribution in [0.5, 0.6) is 0 Å². The van der Waals surface area contributed by atoms with E-state index < -0.39 is 0 Å². The van der Waals surface area contributed by atoms with Crippen molar-refractivity contribution in [1.29, 1.82) is 0 Å². The third-order valence-electron chi connectivity index (χ3n) is 31.5. The van der Waals surface area contributed by atoms with E-state index in [0.717, 1.165) is 19.3 Å². The molecule has 2 nitrogen and oxygen atoms in total. The second kappa shape index (κ2) is 30.7. The lowest BCUT2D eigenvalue weighted by atomic mass is 9.33. The Morgan fingerprint density at radius 1 is 0.346 bits per heavy atom. The van der Waals surface area contributed by atoms with E-state index >= 15 is 0 Å². The van der Waals surface area contributed by atoms with Crippen LogP contribution in [-0.2, 0) is 17.3 Å². The lowest BCUT2D eigenvalue weighted by Gasteiger charge is -2.48. The van der Waals surface area contributed by atoms with Gasteiger partial charge in [-0.2, -0.15) is 0 Å². The van der Waals surface area contributed by atoms with Crippen molar-refractivity contribution in [2.75, 3.05) is 9.80 Å². The van der Waals surface area contributed by atoms with Gasteiger partial charge in [0.05, 0.1) is 11.4 Å². The van der Waals surface area contributed by atoms with Crippen LogP contribution in [-0.4, -0.2) is 6.71 Å². The van der Waals surface area contributed by atoms with Gasteiger partial charge in [0.15, 0.2) is 0 Å². The molecule has 8 aliphatic carbocycles. The zero-order chi connectivity index (χ0) is 87.1. The van der Waals surface area contributed by atoms with Crippen LogP contribution in [0.3, 0.4) is 0 Å². The summed E-state index contributed by atoms with van der Waals surface area (Å²) >= 11 is 0. The molecule has 0 radical (unpaired) electrons. The van der Waals surface area contributed by atoms with E-state index in [2.05, 4.69) is 393 Å². The van der Waals surface area contributed by atoms with Crippen LogP contribution in [0, 0.1) is 34.0 Å². The molecule has 2 saturated carbocycles. The normalized spacial score (nSPS) is 19.7. The summed E-state index contributed by atoms with van der Waals surface area (Å²) in [7, 11) is 0. The monoisotopic (exact) mass is 1650 g/mol. The molecule has 2 heterocycles. The van der Waals surface area contributed by atoms with E-state index in [1.807, 2.05) is 0 Å². The quantitative estimate of drug-likeness (QED) is 0.119. The average molecular weight is 1650 g/mol. The molecule has 634 valence electrons. The predicted molar refractivity (Wildman–Crippen MR) is 545 cm³/mol. The number of hydrogen-bond acceptors (Lipinski definition) is 2. The number of hydrogen-bond donors (Lipinski definition) is 0. The van der Waals surface area contributed by atoms with Crippen molar-refractivity contribution in [2.45, 2.75) is 222 Å². The van der Waals surface area contributed by atoms with Gasteiger partial charge in [-0.1, -0.05) is 372 Å². The van der Waals surface area contributed by atoms with Crippen molar-refractivity contribution in [3.05, 3.63) is 351 Å². The number of rotatable bonds is 11. The molecule has 12 aromatic carbocycles. The van der Waals surface area contributed by atoms with E-state index in [4.69, 9.17) is 0 Å². The highest BCUT2D eigenvalue weighted by molar-refractivity contribution is 7.00. The van der Waals surface area contributed by atoms with E-state index in [-0.39, 0.29) is 39.7 Å². The third kappa shape index (κ3) is 14.2. The Labute approximate surface area is 758 Å². The average Bonchev–Trinajstić information content (AvgIpc) is 0.681. The minimum Gasteiger partial charge on any atom is -0.310 e. The highest BCUT2D eigenvalue weighted by Crippen LogP contribution is 2.61. The van der Waals surface area contributed by atoms with Crippen LogP contribution >= 0.6 is 0 Å². The van der Waals surface area contributed by atoms with Crippen molar-refractivity contribution < 1.29 is 0 Å². The van der Waals surface area contributed by atoms with E-state index in [0.29, 0.717) is 29.6 Å². The molecule has 2 aliphatic heterocycles. The van der Waals surface area contributed by atoms with Crippen molar-refractivity contribution in [1.82, 2.24) is 0 Å². The maximum Gasteiger partial charge on any atom is 0.252 e. The van der Waals surface area contributed by atoms with E-state index in [1.165, 1.54) is 265 Å². The van der Waals surface area contributed by atoms with Crippen molar-refractivity contribution in [2.24, 2.45) is 34.0 Å². The molecule has 12 aromatic rings. The van der Waals surface area contributed by atoms with Crippen molar-refractivity contribution in [3.8, 4) is 66.8 Å². The summed E-state index contributed by atoms with van der Waals surface area (Å²) in [6.07, 6.45) is 35.2. The molecule has 0 spiro atoms. The molecule has 4 atom stereocenters. The van der Waals surface area contributed by atoms with Gasteiger partial charge < -0.3 is 9.80 Å². The summed E-state index contributed by atoms with van der Waals surface area (Å²) in [5.74, 6) is 2.33. The highest BCUT2D eigenvalue weighted by Gasteiger charge is 2.50. The fourth-order valence-corrected chi connectivity index (χ4v) is 24.5. The zero-order valence-electron chi connectivity index (χ0n) is 77.9. The maximum atomic E-state index is 2.86. The third-order valence-corrected chi connectivity index (χ3v) is 31.5. The number of aryl methyl sites for hydroxylation is 1. The largest absolute Gasteiger partial charge is 0.310 e. The van der Waals surface area contributed by atoms with Crippen LogP contribution in [0.2, 0.25) is 0 Å². The summed E-state index contributed by atoms with van der Waals surface area (Å²) in [6.45, 7) is 36.0. The molecule has 0 saturated heterocycles. The molecule has 0 aromatic heterocycles. The van der Waals surface area contributed by atoms with E-state index in [1.54, 1.807) is 16.7 Å². The van der Waals surface area contributed by atoms with Gasteiger partial charge in [0.2, 0.25) is 0 Å². The predicted octanol–water partition coefficient (Wildman–Crippen LogP) is 32.9. The Bertz CT molecular complexity index is 6560. The Balaban J connectivity index is 0.925. The molecule has 0 N–H and O–H groups in total. The zero-order valence-corrected chi connectivity index (χ0v) is 77.9. The number of nitrogens with zero attached hydrogens (tertiary/aromatic N) is 2. The molecule has 3 heteroatoms. The van der Waals surface area contributed by atoms with Gasteiger partial charge in [0, 0.05) is 56.8 Å². The standard InChI is InChI=1S/C124H125BN2/c1-120(2,3)94-54-50-78(51-55-94)91-72-111-117-112(73-91)127(119-103(81-42-30-20-31-43-81)66-90(77-36-24-17-25-37-77)67-104(119)82-44-32-21-33-45-82)110-57-53-84(100-69-93-63-96(122(7,8)9)59-86-47-49-88-61-98(124(13,14)15)75-106(100)116(88)114(86)93)71-108(110)125(117)107-70-83(99-68-92-62-95(121(4,5)6)58-85-46-48-87-60-97(123(10,11)12)74-105(99)115(87)113(85)92)52-56-109(107)126(111)118-101(79-38-26-18-27-39-79)64-89(76-34-22-16-23-35-76)65-102(118)80-40-28-19-29-41-80/h18-21,26-33,38-46,48,50-57,60-77,85-86,113,115H,16-17,22-25,34-37,47,49,58-59H2,1-15H3. The number of allylic oxidation sites excluding steroid dienone is 13. The number of anilines is 6. The first-order valence-electron chi connectivity index (χ1n) is 48.5. The van der Waals surface area contributed by atoms with Gasteiger partial charge in [-0.25, -0.2) is 0 Å². The Hall–Kier alpha value is -11.3. The minimum absolute atomic E-state index is 0.0164. The fraction of sp³-hybridized carbons (Fsp3) is 0.323. The fourth-order valence-electron chi connectivity index (χ4n) is 24.5. The van der Waals surface area contributed by atoms with Gasteiger partial charge in [0.25, 0.3) is 6.71 Å². The summed E-state index contributed by atoms with van der Waals surface area (Å²) in [5.41, 5.74) is 47.6. The Morgan fingerprint density at radius 3 is 1.33 bits per heavy atom. The van der Waals surface area contributed by atoms with Gasteiger partial charge in [-0.05, 0) is 307 Å². The summed E-state index contributed by atoms with van der Waals surface area (Å²) in [5, 5.41) is 2.90. The van der Waals surface area contributed by atoms with Crippen molar-refractivity contribution in [3.63, 3.8) is 0 Å². The van der Waals surface area contributed by atoms with Gasteiger partial charge in [-0.3, -0.25) is 0 Å². The van der Waals surface area contributed by atoms with Gasteiger partial charge in [0.1, 0.15) is 0 Å². The summed E-state index contributed by atoms with van der Waals surface area (Å²) in [4.78, 5) is 5.71. The first-order valence-corrected chi connectivity index (χ1v) is 48.5. The lowest BCUT2D eigenvalue weighted by Crippen LogP contribution is -2.61. The highest BCUT2D eigenvalue weighted by atomic mass is 15.2. The van der Waals surface area contributed by atoms with Gasteiger partial charge >= 0.3 is 0 Å². The Kier molecular flexibility index (Phi) is 19.7. The topological polar surface area (TPSA) is 6.48 Å². The van der Waals surface area contributed by atoms with Crippen molar-refractivity contribution >= 4 is 79.6 Å². The summed E-state index contributed by atoms with van der Waals surface area (Å²) < 4.78 is 0. The van der Waals surface area contributed by atoms with E-state index in [9.17, 15) is 0 Å². The molecular formula is C124H125BN2. The SMILES string of the molecule is CC(C)(C)C1=CC2=C(c3ccc4c(c3)B3c5cc(-c6cc7c8c9c(cc(C(C)(C)C)cc69)CCC8CC(C(C)(C)C)=C7)ccc5N(c5c(-c6ccccc6)cc(C6CCCCC6)cc5-c5ccccc5)c5cc(-c6ccc(C(C)(C)C)cc6)cc(c53)N4c3c(-c4ccccc4)cc(C4CCCCC4)cc3-c3ccccc3)C=C3C=C(C(C)(C)C)CC4C=CC(=C1)C2C34. The van der Waals surface area contributed by atoms with Crippen LogP contribution in [0.15, 0.2) is 306 Å². The maximum absolute atomic E-state index is 2.86. The molecule has 4 unspecified atom stereocenters. The van der Waals surface area contributed by atoms with Crippen LogP contribution in [0.4, 0.5) is 34.1 Å². The second-order valence-corrected chi connectivity index (χ2v) is 44.7. The number of benzene rings is 12. The molecular weight excluding hydrogens is 1530 g/mol. The van der Waals surface area contributed by atoms with Gasteiger partial charge in [-0.15, -0.1) is 0 Å². The first kappa shape index (κ1) is 81.5. The molecule has 0 bridgehead atoms.